The summed E-state index contributed by atoms with van der Waals surface area (Å²) in [5.41, 5.74) is 6.03. The lowest BCUT2D eigenvalue weighted by molar-refractivity contribution is -0.684. The lowest BCUT2D eigenvalue weighted by atomic mass is 10.2. The third-order valence-corrected chi connectivity index (χ3v) is 6.22. The number of pyridine rings is 1. The summed E-state index contributed by atoms with van der Waals surface area (Å²) in [6.07, 6.45) is 4.90. The molecular formula is C18H21ClN4O4S. The zero-order chi connectivity index (χ0) is 19.4. The third-order valence-electron chi connectivity index (χ3n) is 4.31. The Hall–Kier alpha value is -2.49. The van der Waals surface area contributed by atoms with E-state index in [-0.39, 0.29) is 29.8 Å². The Morgan fingerprint density at radius 3 is 2.36 bits per heavy atom. The average molecular weight is 425 g/mol. The highest BCUT2D eigenvalue weighted by molar-refractivity contribution is 7.89. The van der Waals surface area contributed by atoms with Crippen molar-refractivity contribution < 1.29 is 35.0 Å². The largest absolute Gasteiger partial charge is 1.00 e. The number of rotatable bonds is 6. The van der Waals surface area contributed by atoms with Crippen LogP contribution in [0.15, 0.2) is 53.7 Å². The molecule has 0 aliphatic carbocycles. The first-order valence-electron chi connectivity index (χ1n) is 8.55. The normalized spacial score (nSPS) is 14.3. The van der Waals surface area contributed by atoms with E-state index >= 15 is 0 Å². The monoisotopic (exact) mass is 424 g/mol. The number of benzene rings is 1. The van der Waals surface area contributed by atoms with Crippen LogP contribution in [-0.4, -0.2) is 37.6 Å². The molecule has 0 spiro atoms. The maximum Gasteiger partial charge on any atom is 0.290 e. The Kier molecular flexibility index (Phi) is 7.11. The second-order valence-corrected chi connectivity index (χ2v) is 8.25. The van der Waals surface area contributed by atoms with E-state index in [9.17, 15) is 18.0 Å². The smallest absolute Gasteiger partial charge is 0.290 e. The minimum absolute atomic E-state index is 0. The quantitative estimate of drug-likeness (QED) is 0.499. The number of hydrogen-bond donors (Lipinski definition) is 2. The maximum absolute atomic E-state index is 12.5. The van der Waals surface area contributed by atoms with Crippen molar-refractivity contribution in [1.29, 1.82) is 0 Å². The van der Waals surface area contributed by atoms with Crippen molar-refractivity contribution in [3.63, 3.8) is 0 Å². The van der Waals surface area contributed by atoms with Crippen molar-refractivity contribution in [2.24, 2.45) is 5.73 Å². The number of carbonyl (C=O) groups excluding carboxylic acids is 2. The first-order valence-corrected chi connectivity index (χ1v) is 9.99. The molecule has 0 bridgehead atoms. The van der Waals surface area contributed by atoms with Crippen molar-refractivity contribution >= 4 is 27.5 Å². The number of halogens is 1. The van der Waals surface area contributed by atoms with E-state index in [1.807, 2.05) is 0 Å². The molecule has 2 amide bonds. The molecule has 1 aromatic heterocycles. The molecule has 10 heteroatoms. The van der Waals surface area contributed by atoms with Gasteiger partial charge in [0.15, 0.2) is 12.4 Å². The SMILES string of the molecule is NC(=O)c1ccc[n+](CC(=O)Nc2ccc(S(=O)(=O)N3CCCC3)cc2)c1.[Cl-]. The fraction of sp³-hybridized carbons (Fsp3) is 0.278. The highest BCUT2D eigenvalue weighted by Gasteiger charge is 2.27. The van der Waals surface area contributed by atoms with E-state index in [0.717, 1.165) is 12.8 Å². The fourth-order valence-electron chi connectivity index (χ4n) is 2.92. The summed E-state index contributed by atoms with van der Waals surface area (Å²) in [4.78, 5) is 23.6. The van der Waals surface area contributed by atoms with Crippen LogP contribution in [0.25, 0.3) is 0 Å². The number of sulfonamides is 1. The van der Waals surface area contributed by atoms with Crippen LogP contribution in [-0.2, 0) is 21.4 Å². The minimum atomic E-state index is -3.47. The molecule has 1 aliphatic heterocycles. The highest BCUT2D eigenvalue weighted by atomic mass is 35.5. The van der Waals surface area contributed by atoms with Crippen LogP contribution in [0.2, 0.25) is 0 Å². The molecule has 1 fully saturated rings. The molecule has 0 atom stereocenters. The van der Waals surface area contributed by atoms with Gasteiger partial charge in [-0.15, -0.1) is 0 Å². The molecule has 0 unspecified atom stereocenters. The summed E-state index contributed by atoms with van der Waals surface area (Å²) in [5.74, 6) is -0.878. The molecule has 1 saturated heterocycles. The molecule has 0 radical (unpaired) electrons. The summed E-state index contributed by atoms with van der Waals surface area (Å²) in [6, 6.07) is 9.30. The number of carbonyl (C=O) groups is 2. The predicted molar refractivity (Wildman–Crippen MR) is 98.2 cm³/mol. The molecule has 1 aromatic carbocycles. The number of amides is 2. The van der Waals surface area contributed by atoms with Gasteiger partial charge in [-0.25, -0.2) is 8.42 Å². The van der Waals surface area contributed by atoms with Gasteiger partial charge in [0.25, 0.3) is 11.8 Å². The summed E-state index contributed by atoms with van der Waals surface area (Å²) < 4.78 is 28.0. The van der Waals surface area contributed by atoms with Gasteiger partial charge in [0.2, 0.25) is 16.6 Å². The molecule has 0 saturated carbocycles. The number of nitrogens with one attached hydrogen (secondary N) is 1. The number of nitrogens with zero attached hydrogens (tertiary/aromatic N) is 2. The minimum Gasteiger partial charge on any atom is -1.00 e. The van der Waals surface area contributed by atoms with Crippen LogP contribution >= 0.6 is 0 Å². The third kappa shape index (κ3) is 5.06. The van der Waals surface area contributed by atoms with Gasteiger partial charge in [0.05, 0.1) is 4.90 Å². The van der Waals surface area contributed by atoms with Crippen LogP contribution in [0.5, 0.6) is 0 Å². The van der Waals surface area contributed by atoms with Crippen molar-refractivity contribution in [2.75, 3.05) is 18.4 Å². The molecule has 28 heavy (non-hydrogen) atoms. The zero-order valence-electron chi connectivity index (χ0n) is 15.0. The van der Waals surface area contributed by atoms with Gasteiger partial charge < -0.3 is 23.5 Å². The molecule has 3 N–H and O–H groups in total. The van der Waals surface area contributed by atoms with Crippen LogP contribution in [0.4, 0.5) is 5.69 Å². The number of primary amides is 1. The molecule has 3 rings (SSSR count). The van der Waals surface area contributed by atoms with E-state index in [2.05, 4.69) is 5.32 Å². The Morgan fingerprint density at radius 2 is 1.75 bits per heavy atom. The van der Waals surface area contributed by atoms with E-state index < -0.39 is 15.9 Å². The van der Waals surface area contributed by atoms with Crippen molar-refractivity contribution in [1.82, 2.24) is 4.31 Å². The highest BCUT2D eigenvalue weighted by Crippen LogP contribution is 2.22. The summed E-state index contributed by atoms with van der Waals surface area (Å²) in [5, 5.41) is 2.70. The van der Waals surface area contributed by atoms with Gasteiger partial charge in [-0.3, -0.25) is 9.59 Å². The Labute approximate surface area is 169 Å². The van der Waals surface area contributed by atoms with Gasteiger partial charge >= 0.3 is 0 Å². The summed E-state index contributed by atoms with van der Waals surface area (Å²) >= 11 is 0. The molecular weight excluding hydrogens is 404 g/mol. The van der Waals surface area contributed by atoms with Crippen LogP contribution < -0.4 is 28.0 Å². The Balaban J connectivity index is 0.00000280. The second kappa shape index (κ2) is 9.13. The van der Waals surface area contributed by atoms with Crippen molar-refractivity contribution in [3.05, 3.63) is 54.4 Å². The molecule has 1 aliphatic rings. The van der Waals surface area contributed by atoms with E-state index in [4.69, 9.17) is 5.73 Å². The Bertz CT molecular complexity index is 958. The summed E-state index contributed by atoms with van der Waals surface area (Å²) in [7, 11) is -3.47. The van der Waals surface area contributed by atoms with Crippen LogP contribution in [0.3, 0.4) is 0 Å². The van der Waals surface area contributed by atoms with Crippen LogP contribution in [0, 0.1) is 0 Å². The van der Waals surface area contributed by atoms with E-state index in [0.29, 0.717) is 24.3 Å². The lowest BCUT2D eigenvalue weighted by Gasteiger charge is -2.15. The van der Waals surface area contributed by atoms with Gasteiger partial charge in [-0.1, -0.05) is 0 Å². The number of aromatic nitrogens is 1. The van der Waals surface area contributed by atoms with Crippen LogP contribution in [0.1, 0.15) is 23.2 Å². The standard InChI is InChI=1S/C18H20N4O4S.ClH/c19-18(24)14-4-3-9-21(12-14)13-17(23)20-15-5-7-16(8-6-15)27(25,26)22-10-1-2-11-22;/h3-9,12H,1-2,10-11,13H2,(H2-,19,20,23,24);1H. The van der Waals surface area contributed by atoms with Gasteiger partial charge in [0, 0.05) is 24.8 Å². The van der Waals surface area contributed by atoms with Gasteiger partial charge in [0.1, 0.15) is 5.56 Å². The fourth-order valence-corrected chi connectivity index (χ4v) is 4.44. The zero-order valence-corrected chi connectivity index (χ0v) is 16.6. The first-order chi connectivity index (χ1) is 12.9. The Morgan fingerprint density at radius 1 is 1.11 bits per heavy atom. The lowest BCUT2D eigenvalue weighted by Crippen LogP contribution is -3.00. The maximum atomic E-state index is 12.5. The molecule has 150 valence electrons. The van der Waals surface area contributed by atoms with Gasteiger partial charge in [-0.2, -0.15) is 8.87 Å². The molecule has 2 heterocycles. The van der Waals surface area contributed by atoms with Crippen molar-refractivity contribution in [2.45, 2.75) is 24.3 Å². The average Bonchev–Trinajstić information content (AvgIpc) is 3.18. The van der Waals surface area contributed by atoms with Crippen molar-refractivity contribution in [3.8, 4) is 0 Å². The molecule has 2 aromatic rings. The second-order valence-electron chi connectivity index (χ2n) is 6.31. The number of anilines is 1. The topological polar surface area (TPSA) is 113 Å². The number of nitrogens with two attached hydrogens (primary N) is 1. The van der Waals surface area contributed by atoms with Gasteiger partial charge in [-0.05, 0) is 43.2 Å². The number of hydrogen-bond acceptors (Lipinski definition) is 4. The first kappa shape index (κ1) is 21.8. The molecule has 8 nitrogen and oxygen atoms in total. The van der Waals surface area contributed by atoms with E-state index in [1.165, 1.54) is 22.6 Å². The van der Waals surface area contributed by atoms with E-state index in [1.54, 1.807) is 35.0 Å². The summed E-state index contributed by atoms with van der Waals surface area (Å²) in [6.45, 7) is 1.08. The predicted octanol–water partition coefficient (Wildman–Crippen LogP) is -2.50.